The predicted octanol–water partition coefficient (Wildman–Crippen LogP) is 0.973. The fourth-order valence-corrected chi connectivity index (χ4v) is 2.92. The van der Waals surface area contributed by atoms with Crippen LogP contribution in [0.2, 0.25) is 0 Å². The van der Waals surface area contributed by atoms with Crippen molar-refractivity contribution < 1.29 is 9.59 Å². The Morgan fingerprint density at radius 2 is 2.08 bits per heavy atom. The molecule has 1 saturated carbocycles. The van der Waals surface area contributed by atoms with Gasteiger partial charge in [0.15, 0.2) is 5.82 Å². The Morgan fingerprint density at radius 1 is 1.36 bits per heavy atom. The van der Waals surface area contributed by atoms with Crippen LogP contribution in [0.5, 0.6) is 0 Å². The molecular formula is C17H26N6O2. The van der Waals surface area contributed by atoms with Crippen molar-refractivity contribution in [2.45, 2.75) is 38.6 Å². The van der Waals surface area contributed by atoms with E-state index >= 15 is 0 Å². The smallest absolute Gasteiger partial charge is 0.246 e. The molecule has 2 N–H and O–H groups in total. The second-order valence-electron chi connectivity index (χ2n) is 6.76. The molecule has 2 amide bonds. The second-order valence-corrected chi connectivity index (χ2v) is 6.76. The fourth-order valence-electron chi connectivity index (χ4n) is 2.92. The zero-order chi connectivity index (χ0) is 18.3. The highest BCUT2D eigenvalue weighted by atomic mass is 16.2. The van der Waals surface area contributed by atoms with Crippen molar-refractivity contribution in [3.05, 3.63) is 12.3 Å². The third-order valence-electron chi connectivity index (χ3n) is 4.42. The molecular weight excluding hydrogens is 320 g/mol. The number of hydrogen-bond donors (Lipinski definition) is 2. The molecule has 1 aliphatic rings. The number of rotatable bonds is 7. The first-order chi connectivity index (χ1) is 11.9. The molecule has 8 heteroatoms. The molecule has 136 valence electrons. The van der Waals surface area contributed by atoms with Crippen molar-refractivity contribution in [3.8, 4) is 6.07 Å². The summed E-state index contributed by atoms with van der Waals surface area (Å²) in [6.45, 7) is 1.43. The van der Waals surface area contributed by atoms with E-state index in [0.717, 1.165) is 25.8 Å². The molecule has 0 aliphatic heterocycles. The first-order valence-corrected chi connectivity index (χ1v) is 8.63. The zero-order valence-electron chi connectivity index (χ0n) is 14.9. The SMILES string of the molecule is CN(C)CCNC(=O)Cn1ccc(NC(=O)C2(C#N)CCCCC2)n1. The standard InChI is InChI=1S/C17H26N6O2/c1-22(2)11-9-19-15(24)12-23-10-6-14(21-23)20-16(25)17(13-18)7-4-3-5-8-17/h6,10H,3-5,7-9,11-12H2,1-2H3,(H,19,24)(H,20,21,25). The van der Waals surface area contributed by atoms with Gasteiger partial charge in [0, 0.05) is 25.4 Å². The number of anilines is 1. The average molecular weight is 346 g/mol. The molecule has 0 aromatic carbocycles. The number of nitriles is 1. The number of carbonyl (C=O) groups is 2. The van der Waals surface area contributed by atoms with Crippen molar-refractivity contribution >= 4 is 17.6 Å². The first-order valence-electron chi connectivity index (χ1n) is 8.63. The normalized spacial score (nSPS) is 16.2. The van der Waals surface area contributed by atoms with Gasteiger partial charge in [-0.2, -0.15) is 10.4 Å². The predicted molar refractivity (Wildman–Crippen MR) is 93.6 cm³/mol. The van der Waals surface area contributed by atoms with E-state index in [1.54, 1.807) is 12.3 Å². The van der Waals surface area contributed by atoms with Gasteiger partial charge < -0.3 is 15.5 Å². The highest BCUT2D eigenvalue weighted by Gasteiger charge is 2.40. The maximum atomic E-state index is 12.5. The van der Waals surface area contributed by atoms with Crippen LogP contribution in [0.25, 0.3) is 0 Å². The van der Waals surface area contributed by atoms with Crippen molar-refractivity contribution in [1.29, 1.82) is 5.26 Å². The van der Waals surface area contributed by atoms with Crippen molar-refractivity contribution in [2.75, 3.05) is 32.5 Å². The van der Waals surface area contributed by atoms with Crippen LogP contribution in [0.4, 0.5) is 5.82 Å². The van der Waals surface area contributed by atoms with Gasteiger partial charge in [-0.05, 0) is 26.9 Å². The van der Waals surface area contributed by atoms with Gasteiger partial charge in [0.05, 0.1) is 6.07 Å². The van der Waals surface area contributed by atoms with Crippen LogP contribution in [-0.4, -0.2) is 53.7 Å². The van der Waals surface area contributed by atoms with Crippen LogP contribution in [-0.2, 0) is 16.1 Å². The van der Waals surface area contributed by atoms with E-state index in [4.69, 9.17) is 0 Å². The van der Waals surface area contributed by atoms with Gasteiger partial charge in [0.1, 0.15) is 12.0 Å². The number of carbonyl (C=O) groups excluding carboxylic acids is 2. The van der Waals surface area contributed by atoms with Gasteiger partial charge >= 0.3 is 0 Å². The topological polar surface area (TPSA) is 103 Å². The van der Waals surface area contributed by atoms with Crippen LogP contribution in [0.3, 0.4) is 0 Å². The molecule has 1 aromatic heterocycles. The Bertz CT molecular complexity index is 640. The summed E-state index contributed by atoms with van der Waals surface area (Å²) >= 11 is 0. The maximum Gasteiger partial charge on any atom is 0.246 e. The van der Waals surface area contributed by atoms with Crippen molar-refractivity contribution in [1.82, 2.24) is 20.0 Å². The molecule has 0 bridgehead atoms. The molecule has 0 spiro atoms. The average Bonchev–Trinajstić information content (AvgIpc) is 3.01. The Kier molecular flexibility index (Phi) is 6.53. The molecule has 0 unspecified atom stereocenters. The molecule has 1 heterocycles. The zero-order valence-corrected chi connectivity index (χ0v) is 14.9. The minimum Gasteiger partial charge on any atom is -0.353 e. The maximum absolute atomic E-state index is 12.5. The van der Waals surface area contributed by atoms with E-state index in [0.29, 0.717) is 25.2 Å². The van der Waals surface area contributed by atoms with Crippen LogP contribution < -0.4 is 10.6 Å². The van der Waals surface area contributed by atoms with Gasteiger partial charge in [-0.15, -0.1) is 0 Å². The molecule has 0 radical (unpaired) electrons. The van der Waals surface area contributed by atoms with Gasteiger partial charge in [0.25, 0.3) is 0 Å². The Morgan fingerprint density at radius 3 is 2.72 bits per heavy atom. The summed E-state index contributed by atoms with van der Waals surface area (Å²) < 4.78 is 1.47. The molecule has 8 nitrogen and oxygen atoms in total. The van der Waals surface area contributed by atoms with Gasteiger partial charge in [-0.25, -0.2) is 0 Å². The summed E-state index contributed by atoms with van der Waals surface area (Å²) in [5.41, 5.74) is -0.953. The number of nitrogens with zero attached hydrogens (tertiary/aromatic N) is 4. The molecule has 1 aromatic rings. The highest BCUT2D eigenvalue weighted by molar-refractivity contribution is 5.96. The van der Waals surface area contributed by atoms with E-state index in [2.05, 4.69) is 21.8 Å². The monoisotopic (exact) mass is 346 g/mol. The largest absolute Gasteiger partial charge is 0.353 e. The third kappa shape index (κ3) is 5.29. The number of amides is 2. The highest BCUT2D eigenvalue weighted by Crippen LogP contribution is 2.36. The van der Waals surface area contributed by atoms with E-state index in [1.807, 2.05) is 19.0 Å². The van der Waals surface area contributed by atoms with Gasteiger partial charge in [-0.1, -0.05) is 19.3 Å². The lowest BCUT2D eigenvalue weighted by Crippen LogP contribution is -2.37. The van der Waals surface area contributed by atoms with Gasteiger partial charge in [-0.3, -0.25) is 14.3 Å². The van der Waals surface area contributed by atoms with Crippen LogP contribution >= 0.6 is 0 Å². The lowest BCUT2D eigenvalue weighted by molar-refractivity contribution is -0.124. The summed E-state index contributed by atoms with van der Waals surface area (Å²) in [5, 5.41) is 19.2. The van der Waals surface area contributed by atoms with E-state index in [1.165, 1.54) is 4.68 Å². The molecule has 0 saturated heterocycles. The molecule has 0 atom stereocenters. The molecule has 1 fully saturated rings. The summed E-state index contributed by atoms with van der Waals surface area (Å²) in [5.74, 6) is -0.0646. The number of aromatic nitrogens is 2. The third-order valence-corrected chi connectivity index (χ3v) is 4.42. The molecule has 25 heavy (non-hydrogen) atoms. The summed E-state index contributed by atoms with van der Waals surface area (Å²) in [7, 11) is 3.88. The lowest BCUT2D eigenvalue weighted by Gasteiger charge is -2.28. The number of likely N-dealkylation sites (N-methyl/N-ethyl adjacent to an activating group) is 1. The second kappa shape index (κ2) is 8.62. The minimum absolute atomic E-state index is 0.0900. The van der Waals surface area contributed by atoms with Crippen molar-refractivity contribution in [2.24, 2.45) is 5.41 Å². The van der Waals surface area contributed by atoms with Crippen LogP contribution in [0, 0.1) is 16.7 Å². The Balaban J connectivity index is 1.87. The first kappa shape index (κ1) is 18.9. The molecule has 2 rings (SSSR count). The van der Waals surface area contributed by atoms with E-state index in [9.17, 15) is 14.9 Å². The summed E-state index contributed by atoms with van der Waals surface area (Å²) in [4.78, 5) is 26.3. The molecule has 1 aliphatic carbocycles. The fraction of sp³-hybridized carbons (Fsp3) is 0.647. The quantitative estimate of drug-likeness (QED) is 0.766. The van der Waals surface area contributed by atoms with E-state index < -0.39 is 5.41 Å². The number of nitrogens with one attached hydrogen (secondary N) is 2. The summed E-state index contributed by atoms with van der Waals surface area (Å²) in [6, 6.07) is 3.83. The summed E-state index contributed by atoms with van der Waals surface area (Å²) in [6.07, 6.45) is 5.66. The Labute approximate surface area is 148 Å². The van der Waals surface area contributed by atoms with Gasteiger partial charge in [0.2, 0.25) is 11.8 Å². The lowest BCUT2D eigenvalue weighted by atomic mass is 9.74. The van der Waals surface area contributed by atoms with Crippen LogP contribution in [0.15, 0.2) is 12.3 Å². The van der Waals surface area contributed by atoms with E-state index in [-0.39, 0.29) is 18.4 Å². The van der Waals surface area contributed by atoms with Crippen molar-refractivity contribution in [3.63, 3.8) is 0 Å². The minimum atomic E-state index is -0.953. The van der Waals surface area contributed by atoms with Crippen LogP contribution in [0.1, 0.15) is 32.1 Å². The Hall–Kier alpha value is -2.40. The number of hydrogen-bond acceptors (Lipinski definition) is 5.